The van der Waals surface area contributed by atoms with Crippen LogP contribution in [0.25, 0.3) is 11.0 Å². The highest BCUT2D eigenvalue weighted by Gasteiger charge is 2.39. The number of likely N-dealkylation sites (N-methyl/N-ethyl adjacent to an activating group) is 1. The van der Waals surface area contributed by atoms with Crippen molar-refractivity contribution in [3.63, 3.8) is 0 Å². The number of hydrogen-bond acceptors (Lipinski definition) is 3. The Morgan fingerprint density at radius 2 is 1.69 bits per heavy atom. The van der Waals surface area contributed by atoms with Crippen molar-refractivity contribution in [2.24, 2.45) is 0 Å². The number of aromatic nitrogens is 2. The summed E-state index contributed by atoms with van der Waals surface area (Å²) < 4.78 is 41.3. The smallest absolute Gasteiger partial charge is 0.311 e. The fourth-order valence-corrected chi connectivity index (χ4v) is 3.37. The molecule has 5 nitrogen and oxygen atoms in total. The molecule has 8 heteroatoms. The zero-order valence-electron chi connectivity index (χ0n) is 16.0. The molecule has 0 spiro atoms. The summed E-state index contributed by atoms with van der Waals surface area (Å²) in [6, 6.07) is 13.7. The largest absolute Gasteiger partial charge is 0.438 e. The van der Waals surface area contributed by atoms with Crippen LogP contribution < -0.4 is 10.5 Å². The predicted octanol–water partition coefficient (Wildman–Crippen LogP) is 4.42. The molecule has 0 aliphatic carbocycles. The Morgan fingerprint density at radius 1 is 1.07 bits per heavy atom. The molecule has 3 rings (SSSR count). The fourth-order valence-electron chi connectivity index (χ4n) is 3.37. The van der Waals surface area contributed by atoms with Crippen LogP contribution in [0.4, 0.5) is 18.9 Å². The van der Waals surface area contributed by atoms with Crippen molar-refractivity contribution < 1.29 is 18.0 Å². The maximum Gasteiger partial charge on any atom is 0.438 e. The van der Waals surface area contributed by atoms with E-state index in [0.29, 0.717) is 12.2 Å². The number of benzene rings is 2. The van der Waals surface area contributed by atoms with Gasteiger partial charge in [0.15, 0.2) is 0 Å². The van der Waals surface area contributed by atoms with Gasteiger partial charge in [0, 0.05) is 12.2 Å². The molecule has 152 valence electrons. The maximum atomic E-state index is 13.4. The van der Waals surface area contributed by atoms with E-state index in [9.17, 15) is 22.8 Å². The fraction of sp³-hybridized carbons (Fsp3) is 0.286. The van der Waals surface area contributed by atoms with Gasteiger partial charge in [-0.3, -0.25) is 14.2 Å². The van der Waals surface area contributed by atoms with Crippen LogP contribution in [0, 0.1) is 0 Å². The minimum atomic E-state index is -4.92. The topological polar surface area (TPSA) is 55.2 Å². The lowest BCUT2D eigenvalue weighted by Gasteiger charge is -2.28. The van der Waals surface area contributed by atoms with Gasteiger partial charge in [0.2, 0.25) is 11.6 Å². The number of alkyl halides is 3. The second kappa shape index (κ2) is 8.06. The molecule has 3 aromatic rings. The Bertz CT molecular complexity index is 1080. The highest BCUT2D eigenvalue weighted by atomic mass is 19.4. The van der Waals surface area contributed by atoms with Crippen molar-refractivity contribution >= 4 is 22.6 Å². The molecule has 29 heavy (non-hydrogen) atoms. The molecule has 1 atom stereocenters. The van der Waals surface area contributed by atoms with E-state index in [1.807, 2.05) is 0 Å². The van der Waals surface area contributed by atoms with Crippen molar-refractivity contribution in [1.82, 2.24) is 9.55 Å². The van der Waals surface area contributed by atoms with Gasteiger partial charge in [-0.1, -0.05) is 37.3 Å². The molecule has 1 heterocycles. The number of para-hydroxylation sites is 3. The van der Waals surface area contributed by atoms with Crippen LogP contribution in [0.5, 0.6) is 0 Å². The van der Waals surface area contributed by atoms with Crippen molar-refractivity contribution in [2.75, 3.05) is 11.4 Å². The van der Waals surface area contributed by atoms with Crippen LogP contribution in [-0.4, -0.2) is 22.0 Å². The first kappa shape index (κ1) is 20.6. The van der Waals surface area contributed by atoms with Gasteiger partial charge >= 0.3 is 6.18 Å². The van der Waals surface area contributed by atoms with Gasteiger partial charge in [-0.15, -0.1) is 0 Å². The third-order valence-corrected chi connectivity index (χ3v) is 4.70. The summed E-state index contributed by atoms with van der Waals surface area (Å²) in [5, 5.41) is 0. The molecule has 2 aromatic carbocycles. The molecule has 0 aliphatic rings. The number of anilines is 1. The van der Waals surface area contributed by atoms with Crippen LogP contribution in [-0.2, 0) is 11.0 Å². The maximum absolute atomic E-state index is 13.4. The Hall–Kier alpha value is -3.16. The van der Waals surface area contributed by atoms with Gasteiger partial charge in [0.25, 0.3) is 5.56 Å². The number of hydrogen-bond donors (Lipinski definition) is 0. The minimum absolute atomic E-state index is 0.00781. The molecule has 0 saturated heterocycles. The molecular weight excluding hydrogens is 383 g/mol. The number of rotatable bonds is 5. The zero-order valence-corrected chi connectivity index (χ0v) is 16.0. The zero-order chi connectivity index (χ0) is 21.2. The first-order valence-corrected chi connectivity index (χ1v) is 9.24. The number of fused-ring (bicyclic) bond motifs is 1. The molecule has 0 aliphatic heterocycles. The van der Waals surface area contributed by atoms with Crippen LogP contribution in [0.2, 0.25) is 0 Å². The lowest BCUT2D eigenvalue weighted by atomic mass is 10.1. The summed E-state index contributed by atoms with van der Waals surface area (Å²) in [5.74, 6) is -0.451. The van der Waals surface area contributed by atoms with Crippen LogP contribution >= 0.6 is 0 Å². The average Bonchev–Trinajstić information content (AvgIpc) is 2.70. The summed E-state index contributed by atoms with van der Waals surface area (Å²) in [5.41, 5.74) is -2.03. The number of amides is 1. The van der Waals surface area contributed by atoms with E-state index in [1.165, 1.54) is 23.1 Å². The van der Waals surface area contributed by atoms with E-state index < -0.39 is 29.4 Å². The summed E-state index contributed by atoms with van der Waals surface area (Å²) in [6.07, 6.45) is -4.78. The van der Waals surface area contributed by atoms with Crippen molar-refractivity contribution in [3.05, 3.63) is 70.6 Å². The lowest BCUT2D eigenvalue weighted by molar-refractivity contribution is -0.142. The van der Waals surface area contributed by atoms with Crippen molar-refractivity contribution in [1.29, 1.82) is 0 Å². The standard InChI is InChI=1S/C21H20F3N3O2/c1-3-16(19(28)26(4-2)14-10-6-5-7-11-14)27-17-13-9-8-12-15(17)25-18(20(27)29)21(22,23)24/h5-13,16H,3-4H2,1-2H3. The third kappa shape index (κ3) is 3.87. The number of nitrogens with zero attached hydrogens (tertiary/aromatic N) is 3. The van der Waals surface area contributed by atoms with E-state index in [2.05, 4.69) is 4.98 Å². The third-order valence-electron chi connectivity index (χ3n) is 4.70. The summed E-state index contributed by atoms with van der Waals surface area (Å²) in [6.45, 7) is 3.74. The van der Waals surface area contributed by atoms with Gasteiger partial charge in [-0.25, -0.2) is 4.98 Å². The van der Waals surface area contributed by atoms with E-state index >= 15 is 0 Å². The second-order valence-electron chi connectivity index (χ2n) is 6.46. The number of carbonyl (C=O) groups is 1. The monoisotopic (exact) mass is 403 g/mol. The van der Waals surface area contributed by atoms with E-state index in [4.69, 9.17) is 0 Å². The van der Waals surface area contributed by atoms with Gasteiger partial charge < -0.3 is 4.90 Å². The summed E-state index contributed by atoms with van der Waals surface area (Å²) in [7, 11) is 0. The van der Waals surface area contributed by atoms with Crippen molar-refractivity contribution in [2.45, 2.75) is 32.5 Å². The quantitative estimate of drug-likeness (QED) is 0.634. The lowest BCUT2D eigenvalue weighted by Crippen LogP contribution is -2.42. The predicted molar refractivity (Wildman–Crippen MR) is 105 cm³/mol. The first-order chi connectivity index (χ1) is 13.8. The van der Waals surface area contributed by atoms with E-state index in [-0.39, 0.29) is 17.5 Å². The molecular formula is C21H20F3N3O2. The van der Waals surface area contributed by atoms with Crippen molar-refractivity contribution in [3.8, 4) is 0 Å². The molecule has 0 N–H and O–H groups in total. The highest BCUT2D eigenvalue weighted by Crippen LogP contribution is 2.29. The van der Waals surface area contributed by atoms with Gasteiger partial charge in [-0.2, -0.15) is 13.2 Å². The average molecular weight is 403 g/mol. The van der Waals surface area contributed by atoms with E-state index in [0.717, 1.165) is 4.57 Å². The Balaban J connectivity index is 2.22. The molecule has 1 aromatic heterocycles. The molecule has 1 amide bonds. The van der Waals surface area contributed by atoms with Gasteiger partial charge in [-0.05, 0) is 37.6 Å². The van der Waals surface area contributed by atoms with Gasteiger partial charge in [0.1, 0.15) is 6.04 Å². The Kier molecular flexibility index (Phi) is 5.72. The summed E-state index contributed by atoms with van der Waals surface area (Å²) >= 11 is 0. The molecule has 0 fully saturated rings. The Morgan fingerprint density at radius 3 is 2.28 bits per heavy atom. The SMILES string of the molecule is CCC(C(=O)N(CC)c1ccccc1)n1c(=O)c(C(F)(F)F)nc2ccccc21. The molecule has 0 saturated carbocycles. The van der Waals surface area contributed by atoms with Crippen LogP contribution in [0.3, 0.4) is 0 Å². The first-order valence-electron chi connectivity index (χ1n) is 9.24. The van der Waals surface area contributed by atoms with E-state index in [1.54, 1.807) is 50.2 Å². The molecule has 0 bridgehead atoms. The minimum Gasteiger partial charge on any atom is -0.311 e. The van der Waals surface area contributed by atoms with Crippen LogP contribution in [0.15, 0.2) is 59.4 Å². The number of halogens is 3. The number of carbonyl (C=O) groups excluding carboxylic acids is 1. The second-order valence-corrected chi connectivity index (χ2v) is 6.46. The Labute approximate surface area is 165 Å². The molecule has 0 radical (unpaired) electrons. The molecule has 1 unspecified atom stereocenters. The normalized spacial score (nSPS) is 12.7. The highest BCUT2D eigenvalue weighted by molar-refractivity contribution is 5.97. The van der Waals surface area contributed by atoms with Gasteiger partial charge in [0.05, 0.1) is 11.0 Å². The summed E-state index contributed by atoms with van der Waals surface area (Å²) in [4.78, 5) is 31.1. The van der Waals surface area contributed by atoms with Crippen LogP contribution in [0.1, 0.15) is 32.0 Å².